The van der Waals surface area contributed by atoms with E-state index in [-0.39, 0.29) is 17.6 Å². The number of methoxy groups -OCH3 is 1. The van der Waals surface area contributed by atoms with Gasteiger partial charge < -0.3 is 10.1 Å². The molecule has 0 bridgehead atoms. The summed E-state index contributed by atoms with van der Waals surface area (Å²) in [5.74, 6) is -2.02. The number of ether oxygens (including phenoxy) is 1. The molecule has 1 aromatic carbocycles. The van der Waals surface area contributed by atoms with Crippen molar-refractivity contribution in [3.63, 3.8) is 0 Å². The highest BCUT2D eigenvalue weighted by atomic mass is 19.1. The molecule has 100 valence electrons. The number of aromatic nitrogens is 1. The lowest BCUT2D eigenvalue weighted by molar-refractivity contribution is 0.0933. The van der Waals surface area contributed by atoms with Crippen molar-refractivity contribution in [1.82, 2.24) is 10.3 Å². The number of rotatable bonds is 4. The lowest BCUT2D eigenvalue weighted by atomic mass is 10.1. The molecule has 0 aliphatic rings. The van der Waals surface area contributed by atoms with Crippen LogP contribution in [0.15, 0.2) is 24.4 Å². The standard InChI is InChI=1S/C13H12F2N2O2/c1-19-5-4-17-13(18)12-11-8(2-3-16-12)6-9(14)7-10(11)15/h2-3,6-7H,4-5H2,1H3,(H,17,18). The quantitative estimate of drug-likeness (QED) is 0.860. The minimum atomic E-state index is -0.806. The largest absolute Gasteiger partial charge is 0.383 e. The molecule has 0 radical (unpaired) electrons. The van der Waals surface area contributed by atoms with Crippen LogP contribution in [0.4, 0.5) is 8.78 Å². The third-order valence-corrected chi connectivity index (χ3v) is 2.59. The van der Waals surface area contributed by atoms with Crippen LogP contribution in [0, 0.1) is 11.6 Å². The molecule has 0 aliphatic heterocycles. The molecule has 0 atom stereocenters. The molecule has 1 aromatic heterocycles. The SMILES string of the molecule is COCCNC(=O)c1nccc2cc(F)cc(F)c12. The van der Waals surface area contributed by atoms with Crippen molar-refractivity contribution in [3.05, 3.63) is 41.7 Å². The average molecular weight is 266 g/mol. The van der Waals surface area contributed by atoms with Gasteiger partial charge in [-0.15, -0.1) is 0 Å². The van der Waals surface area contributed by atoms with E-state index in [1.807, 2.05) is 0 Å². The smallest absolute Gasteiger partial charge is 0.270 e. The lowest BCUT2D eigenvalue weighted by Crippen LogP contribution is -2.28. The fourth-order valence-electron chi connectivity index (χ4n) is 1.75. The Labute approximate surface area is 108 Å². The van der Waals surface area contributed by atoms with Crippen molar-refractivity contribution >= 4 is 16.7 Å². The number of nitrogens with zero attached hydrogens (tertiary/aromatic N) is 1. The lowest BCUT2D eigenvalue weighted by Gasteiger charge is -2.07. The Morgan fingerprint density at radius 2 is 2.21 bits per heavy atom. The zero-order chi connectivity index (χ0) is 13.8. The molecule has 0 saturated carbocycles. The topological polar surface area (TPSA) is 51.2 Å². The fraction of sp³-hybridized carbons (Fsp3) is 0.231. The van der Waals surface area contributed by atoms with Crippen molar-refractivity contribution in [2.24, 2.45) is 0 Å². The summed E-state index contributed by atoms with van der Waals surface area (Å²) in [7, 11) is 1.50. The van der Waals surface area contributed by atoms with Gasteiger partial charge in [0.15, 0.2) is 0 Å². The maximum Gasteiger partial charge on any atom is 0.270 e. The maximum absolute atomic E-state index is 13.8. The van der Waals surface area contributed by atoms with E-state index in [4.69, 9.17) is 4.74 Å². The summed E-state index contributed by atoms with van der Waals surface area (Å²) in [5.41, 5.74) is -0.0638. The van der Waals surface area contributed by atoms with Gasteiger partial charge >= 0.3 is 0 Å². The molecule has 6 heteroatoms. The number of carbonyl (C=O) groups excluding carboxylic acids is 1. The van der Waals surface area contributed by atoms with Crippen molar-refractivity contribution in [2.75, 3.05) is 20.3 Å². The fourth-order valence-corrected chi connectivity index (χ4v) is 1.75. The number of hydrogen-bond donors (Lipinski definition) is 1. The molecular weight excluding hydrogens is 254 g/mol. The highest BCUT2D eigenvalue weighted by molar-refractivity contribution is 6.05. The van der Waals surface area contributed by atoms with Crippen molar-refractivity contribution < 1.29 is 18.3 Å². The zero-order valence-electron chi connectivity index (χ0n) is 10.2. The molecule has 4 nitrogen and oxygen atoms in total. The highest BCUT2D eigenvalue weighted by Crippen LogP contribution is 2.21. The third kappa shape index (κ3) is 2.85. The van der Waals surface area contributed by atoms with Crippen LogP contribution in [0.5, 0.6) is 0 Å². The summed E-state index contributed by atoms with van der Waals surface area (Å²) in [6, 6.07) is 3.34. The second kappa shape index (κ2) is 5.71. The Hall–Kier alpha value is -2.08. The molecule has 2 aromatic rings. The van der Waals surface area contributed by atoms with Gasteiger partial charge in [0.2, 0.25) is 0 Å². The Morgan fingerprint density at radius 1 is 1.42 bits per heavy atom. The Kier molecular flexibility index (Phi) is 4.01. The number of halogens is 2. The molecule has 1 amide bonds. The Bertz CT molecular complexity index is 617. The maximum atomic E-state index is 13.8. The number of pyridine rings is 1. The average Bonchev–Trinajstić information content (AvgIpc) is 2.37. The molecule has 0 spiro atoms. The normalized spacial score (nSPS) is 10.7. The van der Waals surface area contributed by atoms with Crippen molar-refractivity contribution in [1.29, 1.82) is 0 Å². The highest BCUT2D eigenvalue weighted by Gasteiger charge is 2.15. The minimum absolute atomic E-state index is 0.0128. The van der Waals surface area contributed by atoms with Gasteiger partial charge in [-0.1, -0.05) is 0 Å². The molecule has 0 aliphatic carbocycles. The monoisotopic (exact) mass is 266 g/mol. The van der Waals surface area contributed by atoms with E-state index < -0.39 is 17.5 Å². The molecule has 0 unspecified atom stereocenters. The molecule has 1 N–H and O–H groups in total. The summed E-state index contributed by atoms with van der Waals surface area (Å²) in [6.45, 7) is 0.629. The van der Waals surface area contributed by atoms with Crippen molar-refractivity contribution in [3.8, 4) is 0 Å². The summed E-state index contributed by atoms with van der Waals surface area (Å²) in [5, 5.41) is 2.86. The first-order valence-corrected chi connectivity index (χ1v) is 5.64. The number of amides is 1. The predicted octanol–water partition coefficient (Wildman–Crippen LogP) is 1.89. The Balaban J connectivity index is 2.40. The third-order valence-electron chi connectivity index (χ3n) is 2.59. The van der Waals surface area contributed by atoms with Gasteiger partial charge in [-0.25, -0.2) is 8.78 Å². The first-order chi connectivity index (χ1) is 9.13. The summed E-state index contributed by atoms with van der Waals surface area (Å²) in [4.78, 5) is 15.7. The number of carbonyl (C=O) groups is 1. The number of hydrogen-bond acceptors (Lipinski definition) is 3. The Morgan fingerprint density at radius 3 is 2.95 bits per heavy atom. The van der Waals surface area contributed by atoms with Gasteiger partial charge in [-0.05, 0) is 17.5 Å². The van der Waals surface area contributed by atoms with Gasteiger partial charge in [0.05, 0.1) is 6.61 Å². The molecule has 0 saturated heterocycles. The molecule has 2 rings (SSSR count). The first kappa shape index (κ1) is 13.4. The van der Waals surface area contributed by atoms with Crippen LogP contribution in [0.25, 0.3) is 10.8 Å². The van der Waals surface area contributed by atoms with E-state index in [0.717, 1.165) is 12.1 Å². The van der Waals surface area contributed by atoms with Gasteiger partial charge in [0.25, 0.3) is 5.91 Å². The van der Waals surface area contributed by atoms with Crippen LogP contribution in [0.1, 0.15) is 10.5 Å². The second-order valence-corrected chi connectivity index (χ2v) is 3.89. The second-order valence-electron chi connectivity index (χ2n) is 3.89. The summed E-state index contributed by atoms with van der Waals surface area (Å²) < 4.78 is 31.7. The van der Waals surface area contributed by atoms with E-state index in [9.17, 15) is 13.6 Å². The van der Waals surface area contributed by atoms with Crippen molar-refractivity contribution in [2.45, 2.75) is 0 Å². The summed E-state index contributed by atoms with van der Waals surface area (Å²) >= 11 is 0. The summed E-state index contributed by atoms with van der Waals surface area (Å²) in [6.07, 6.45) is 1.34. The molecular formula is C13H12F2N2O2. The van der Waals surface area contributed by atoms with E-state index in [1.165, 1.54) is 19.4 Å². The molecule has 1 heterocycles. The number of nitrogens with one attached hydrogen (secondary N) is 1. The number of benzene rings is 1. The van der Waals surface area contributed by atoms with Crippen LogP contribution >= 0.6 is 0 Å². The van der Waals surface area contributed by atoms with Crippen LogP contribution in [0.2, 0.25) is 0 Å². The van der Waals surface area contributed by atoms with E-state index in [2.05, 4.69) is 10.3 Å². The van der Waals surface area contributed by atoms with Gasteiger partial charge in [-0.2, -0.15) is 0 Å². The van der Waals surface area contributed by atoms with E-state index in [1.54, 1.807) is 0 Å². The van der Waals surface area contributed by atoms with Crippen LogP contribution in [0.3, 0.4) is 0 Å². The van der Waals surface area contributed by atoms with Crippen LogP contribution < -0.4 is 5.32 Å². The van der Waals surface area contributed by atoms with E-state index in [0.29, 0.717) is 12.0 Å². The van der Waals surface area contributed by atoms with E-state index >= 15 is 0 Å². The van der Waals surface area contributed by atoms with Crippen LogP contribution in [-0.4, -0.2) is 31.2 Å². The zero-order valence-corrected chi connectivity index (χ0v) is 10.2. The van der Waals surface area contributed by atoms with Gasteiger partial charge in [0.1, 0.15) is 17.3 Å². The molecule has 0 fully saturated rings. The number of fused-ring (bicyclic) bond motifs is 1. The van der Waals surface area contributed by atoms with Crippen LogP contribution in [-0.2, 0) is 4.74 Å². The first-order valence-electron chi connectivity index (χ1n) is 5.64. The minimum Gasteiger partial charge on any atom is -0.383 e. The molecule has 19 heavy (non-hydrogen) atoms. The predicted molar refractivity (Wildman–Crippen MR) is 65.9 cm³/mol. The van der Waals surface area contributed by atoms with Gasteiger partial charge in [-0.3, -0.25) is 9.78 Å². The van der Waals surface area contributed by atoms with Gasteiger partial charge in [0, 0.05) is 31.3 Å².